The standard InChI is InChI=1S/C33H31N2/c1-18-8-11-23-19(2)28-30(20(3)26(23)16-18)35-27-17-22(33(4,5)6)10-13-24(27)25-12-9-21-14-15-34(7)32(28)29(21)31(25)35/h8-17H,1-7H3/q+1. The Morgan fingerprint density at radius 3 is 2.20 bits per heavy atom. The molecule has 3 heterocycles. The minimum atomic E-state index is 0.0908. The number of pyridine rings is 2. The molecule has 4 aromatic carbocycles. The average Bonchev–Trinajstić information content (AvgIpc) is 3.16. The van der Waals surface area contributed by atoms with Crippen molar-refractivity contribution in [3.05, 3.63) is 83.0 Å². The highest BCUT2D eigenvalue weighted by molar-refractivity contribution is 6.28. The quantitative estimate of drug-likeness (QED) is 0.124. The van der Waals surface area contributed by atoms with Crippen molar-refractivity contribution in [2.75, 3.05) is 0 Å². The van der Waals surface area contributed by atoms with Crippen LogP contribution in [0.5, 0.6) is 0 Å². The highest BCUT2D eigenvalue weighted by Gasteiger charge is 2.27. The predicted molar refractivity (Wildman–Crippen MR) is 150 cm³/mol. The van der Waals surface area contributed by atoms with Crippen LogP contribution in [0, 0.1) is 20.8 Å². The maximum atomic E-state index is 2.59. The second-order valence-electron chi connectivity index (χ2n) is 11.5. The molecule has 0 aliphatic heterocycles. The van der Waals surface area contributed by atoms with Crippen molar-refractivity contribution in [1.29, 1.82) is 0 Å². The van der Waals surface area contributed by atoms with E-state index in [9.17, 15) is 0 Å². The second-order valence-corrected chi connectivity index (χ2v) is 11.5. The second kappa shape index (κ2) is 6.51. The summed E-state index contributed by atoms with van der Waals surface area (Å²) in [5.74, 6) is 0. The van der Waals surface area contributed by atoms with E-state index in [1.165, 1.54) is 82.0 Å². The molecule has 0 spiro atoms. The van der Waals surface area contributed by atoms with Crippen molar-refractivity contribution in [2.24, 2.45) is 7.05 Å². The van der Waals surface area contributed by atoms with Crippen LogP contribution in [0.4, 0.5) is 0 Å². The normalized spacial score (nSPS) is 13.0. The number of benzene rings is 4. The van der Waals surface area contributed by atoms with Gasteiger partial charge in [0, 0.05) is 16.8 Å². The van der Waals surface area contributed by atoms with Crippen molar-refractivity contribution in [2.45, 2.75) is 47.0 Å². The van der Waals surface area contributed by atoms with Gasteiger partial charge in [-0.25, -0.2) is 4.57 Å². The molecule has 0 saturated heterocycles. The molecule has 0 aliphatic rings. The third-order valence-electron chi connectivity index (χ3n) is 8.31. The van der Waals surface area contributed by atoms with E-state index in [0.29, 0.717) is 0 Å². The lowest BCUT2D eigenvalue weighted by Gasteiger charge is -2.20. The smallest absolute Gasteiger partial charge is 0.224 e. The zero-order chi connectivity index (χ0) is 24.4. The number of aromatic nitrogens is 2. The van der Waals surface area contributed by atoms with E-state index < -0.39 is 0 Å². The SMILES string of the molecule is Cc1ccc2c(C)c3c(c(C)c2c1)n1c2cc(C(C)(C)C)ccc2c2ccc4cc[n+](C)c3c4c21. The van der Waals surface area contributed by atoms with Crippen LogP contribution in [0.2, 0.25) is 0 Å². The van der Waals surface area contributed by atoms with Gasteiger partial charge in [-0.3, -0.25) is 0 Å². The average molecular weight is 456 g/mol. The molecule has 2 nitrogen and oxygen atoms in total. The summed E-state index contributed by atoms with van der Waals surface area (Å²) < 4.78 is 4.92. The Hall–Kier alpha value is -3.65. The summed E-state index contributed by atoms with van der Waals surface area (Å²) in [6.07, 6.45) is 2.22. The topological polar surface area (TPSA) is 8.29 Å². The molecule has 2 heteroatoms. The van der Waals surface area contributed by atoms with Gasteiger partial charge in [0.15, 0.2) is 6.20 Å². The van der Waals surface area contributed by atoms with Gasteiger partial charge in [0.1, 0.15) is 7.05 Å². The molecule has 0 fully saturated rings. The zero-order valence-electron chi connectivity index (χ0n) is 21.7. The van der Waals surface area contributed by atoms with Gasteiger partial charge in [-0.2, -0.15) is 0 Å². The van der Waals surface area contributed by atoms with Crippen molar-refractivity contribution >= 4 is 59.8 Å². The fourth-order valence-corrected chi connectivity index (χ4v) is 6.44. The fraction of sp³-hybridized carbons (Fsp3) is 0.242. The molecular formula is C33H31N2+. The van der Waals surface area contributed by atoms with E-state index in [4.69, 9.17) is 0 Å². The number of hydrogen-bond donors (Lipinski definition) is 0. The van der Waals surface area contributed by atoms with Gasteiger partial charge in [0.2, 0.25) is 5.52 Å². The van der Waals surface area contributed by atoms with Crippen LogP contribution in [0.15, 0.2) is 60.8 Å². The van der Waals surface area contributed by atoms with Crippen molar-refractivity contribution in [3.63, 3.8) is 0 Å². The van der Waals surface area contributed by atoms with Gasteiger partial charge in [-0.05, 0) is 65.1 Å². The largest absolute Gasteiger partial charge is 0.307 e. The van der Waals surface area contributed by atoms with Crippen LogP contribution < -0.4 is 4.57 Å². The molecule has 0 radical (unpaired) electrons. The molecule has 0 atom stereocenters. The number of nitrogens with zero attached hydrogens (tertiary/aromatic N) is 2. The minimum Gasteiger partial charge on any atom is -0.307 e. The molecule has 0 amide bonds. The summed E-state index contributed by atoms with van der Waals surface area (Å²) in [6, 6.07) is 20.9. The Morgan fingerprint density at radius 1 is 0.686 bits per heavy atom. The van der Waals surface area contributed by atoms with E-state index in [0.717, 1.165) is 0 Å². The zero-order valence-corrected chi connectivity index (χ0v) is 21.7. The third kappa shape index (κ3) is 2.52. The maximum Gasteiger partial charge on any atom is 0.224 e. The summed E-state index contributed by atoms with van der Waals surface area (Å²) in [4.78, 5) is 0. The van der Waals surface area contributed by atoms with E-state index >= 15 is 0 Å². The predicted octanol–water partition coefficient (Wildman–Crippen LogP) is 8.19. The molecule has 0 saturated carbocycles. The van der Waals surface area contributed by atoms with Crippen LogP contribution in [0.1, 0.15) is 43.0 Å². The first kappa shape index (κ1) is 20.7. The molecule has 172 valence electrons. The summed E-state index contributed by atoms with van der Waals surface area (Å²) in [5.41, 5.74) is 10.8. The van der Waals surface area contributed by atoms with Gasteiger partial charge in [-0.15, -0.1) is 0 Å². The van der Waals surface area contributed by atoms with Crippen LogP contribution in [0.25, 0.3) is 59.8 Å². The van der Waals surface area contributed by atoms with E-state index in [2.05, 4.69) is 118 Å². The minimum absolute atomic E-state index is 0.0908. The Bertz CT molecular complexity index is 2010. The fourth-order valence-electron chi connectivity index (χ4n) is 6.44. The Kier molecular flexibility index (Phi) is 3.85. The molecule has 7 rings (SSSR count). The highest BCUT2D eigenvalue weighted by atomic mass is 15.0. The van der Waals surface area contributed by atoms with E-state index in [-0.39, 0.29) is 5.41 Å². The number of fused-ring (bicyclic) bond motifs is 7. The van der Waals surface area contributed by atoms with Gasteiger partial charge in [0.25, 0.3) is 0 Å². The first-order valence-corrected chi connectivity index (χ1v) is 12.6. The lowest BCUT2D eigenvalue weighted by molar-refractivity contribution is -0.643. The van der Waals surface area contributed by atoms with Gasteiger partial charge in [0.05, 0.1) is 27.3 Å². The molecule has 0 N–H and O–H groups in total. The number of hydrogen-bond acceptors (Lipinski definition) is 0. The van der Waals surface area contributed by atoms with Crippen LogP contribution >= 0.6 is 0 Å². The van der Waals surface area contributed by atoms with Crippen molar-refractivity contribution in [3.8, 4) is 0 Å². The summed E-state index contributed by atoms with van der Waals surface area (Å²) >= 11 is 0. The number of rotatable bonds is 0. The van der Waals surface area contributed by atoms with E-state index in [1.54, 1.807) is 0 Å². The Balaban J connectivity index is 1.92. The Labute approximate surface area is 205 Å². The van der Waals surface area contributed by atoms with E-state index in [1.807, 2.05) is 0 Å². The van der Waals surface area contributed by atoms with Crippen molar-refractivity contribution in [1.82, 2.24) is 4.40 Å². The molecule has 0 unspecified atom stereocenters. The molecule has 0 bridgehead atoms. The molecule has 7 aromatic rings. The summed E-state index contributed by atoms with van der Waals surface area (Å²) in [6.45, 7) is 13.7. The van der Waals surface area contributed by atoms with Gasteiger partial charge >= 0.3 is 0 Å². The van der Waals surface area contributed by atoms with Gasteiger partial charge in [-0.1, -0.05) is 68.8 Å². The van der Waals surface area contributed by atoms with Crippen LogP contribution in [-0.4, -0.2) is 4.40 Å². The van der Waals surface area contributed by atoms with Crippen LogP contribution in [0.3, 0.4) is 0 Å². The third-order valence-corrected chi connectivity index (χ3v) is 8.31. The summed E-state index contributed by atoms with van der Waals surface area (Å²) in [5, 5.41) is 9.42. The monoisotopic (exact) mass is 455 g/mol. The van der Waals surface area contributed by atoms with Crippen LogP contribution in [-0.2, 0) is 12.5 Å². The van der Waals surface area contributed by atoms with Gasteiger partial charge < -0.3 is 4.40 Å². The maximum absolute atomic E-state index is 2.59. The molecule has 3 aromatic heterocycles. The molecule has 35 heavy (non-hydrogen) atoms. The molecular weight excluding hydrogens is 424 g/mol. The molecule has 0 aliphatic carbocycles. The first-order chi connectivity index (χ1) is 16.7. The van der Waals surface area contributed by atoms with Crippen molar-refractivity contribution < 1.29 is 4.57 Å². The summed E-state index contributed by atoms with van der Waals surface area (Å²) in [7, 11) is 2.20. The lowest BCUT2D eigenvalue weighted by Crippen LogP contribution is -2.29. The highest BCUT2D eigenvalue weighted by Crippen LogP contribution is 2.44. The first-order valence-electron chi connectivity index (χ1n) is 12.6. The lowest BCUT2D eigenvalue weighted by atomic mass is 9.86. The Morgan fingerprint density at radius 2 is 1.43 bits per heavy atom. The number of aryl methyl sites for hydroxylation is 4.